The monoisotopic (exact) mass is 285 g/mol. The van der Waals surface area contributed by atoms with Crippen LogP contribution in [0.4, 0.5) is 0 Å². The van der Waals surface area contributed by atoms with Crippen molar-refractivity contribution in [1.29, 1.82) is 0 Å². The smallest absolute Gasteiger partial charge is 0.305 e. The molecule has 0 aromatic rings. The van der Waals surface area contributed by atoms with Crippen molar-refractivity contribution in [3.8, 4) is 0 Å². The van der Waals surface area contributed by atoms with Crippen molar-refractivity contribution < 1.29 is 14.3 Å². The molecule has 116 valence electrons. The van der Waals surface area contributed by atoms with E-state index in [0.29, 0.717) is 44.6 Å². The molecule has 0 spiro atoms. The number of carbonyl (C=O) groups is 2. The standard InChI is InChI=1S/C14H27N3O3/c1-4-20-14(19)6-5-7-15-13(18)10-17-9-11(2)16-8-12(17)3/h11-12,16H,4-10H2,1-3H3,(H,15,18). The first-order chi connectivity index (χ1) is 9.52. The predicted molar refractivity (Wildman–Crippen MR) is 77.4 cm³/mol. The lowest BCUT2D eigenvalue weighted by Crippen LogP contribution is -2.56. The van der Waals surface area contributed by atoms with Gasteiger partial charge in [-0.15, -0.1) is 0 Å². The van der Waals surface area contributed by atoms with E-state index >= 15 is 0 Å². The topological polar surface area (TPSA) is 70.7 Å². The van der Waals surface area contributed by atoms with Gasteiger partial charge in [0.1, 0.15) is 0 Å². The van der Waals surface area contributed by atoms with Crippen LogP contribution in [0.15, 0.2) is 0 Å². The lowest BCUT2D eigenvalue weighted by molar-refractivity contribution is -0.143. The normalized spacial score (nSPS) is 23.4. The van der Waals surface area contributed by atoms with Crippen molar-refractivity contribution in [2.24, 2.45) is 0 Å². The van der Waals surface area contributed by atoms with Crippen LogP contribution in [-0.2, 0) is 14.3 Å². The Hall–Kier alpha value is -1.14. The number of carbonyl (C=O) groups excluding carboxylic acids is 2. The number of hydrogen-bond donors (Lipinski definition) is 2. The summed E-state index contributed by atoms with van der Waals surface area (Å²) < 4.78 is 4.83. The number of rotatable bonds is 7. The minimum Gasteiger partial charge on any atom is -0.466 e. The van der Waals surface area contributed by atoms with Crippen LogP contribution in [0.25, 0.3) is 0 Å². The van der Waals surface area contributed by atoms with Gasteiger partial charge in [0.2, 0.25) is 5.91 Å². The van der Waals surface area contributed by atoms with E-state index in [0.717, 1.165) is 13.1 Å². The maximum absolute atomic E-state index is 11.8. The maximum atomic E-state index is 11.8. The molecule has 1 aliphatic heterocycles. The van der Waals surface area contributed by atoms with E-state index in [9.17, 15) is 9.59 Å². The molecule has 0 aromatic carbocycles. The molecule has 6 nitrogen and oxygen atoms in total. The van der Waals surface area contributed by atoms with Crippen LogP contribution in [-0.4, -0.2) is 61.6 Å². The zero-order valence-electron chi connectivity index (χ0n) is 12.8. The Morgan fingerprint density at radius 2 is 2.15 bits per heavy atom. The van der Waals surface area contributed by atoms with E-state index in [4.69, 9.17) is 4.74 Å². The van der Waals surface area contributed by atoms with Gasteiger partial charge in [0.25, 0.3) is 0 Å². The average molecular weight is 285 g/mol. The summed E-state index contributed by atoms with van der Waals surface area (Å²) in [7, 11) is 0. The van der Waals surface area contributed by atoms with Crippen molar-refractivity contribution in [2.45, 2.75) is 45.7 Å². The summed E-state index contributed by atoms with van der Waals surface area (Å²) in [5.74, 6) is -0.180. The van der Waals surface area contributed by atoms with Crippen LogP contribution in [0.1, 0.15) is 33.6 Å². The van der Waals surface area contributed by atoms with Crippen LogP contribution < -0.4 is 10.6 Å². The summed E-state index contributed by atoms with van der Waals surface area (Å²) in [4.78, 5) is 25.2. The highest BCUT2D eigenvalue weighted by Crippen LogP contribution is 2.05. The molecule has 1 saturated heterocycles. The molecule has 1 amide bonds. The van der Waals surface area contributed by atoms with Gasteiger partial charge in [-0.05, 0) is 27.2 Å². The molecule has 0 aliphatic carbocycles. The van der Waals surface area contributed by atoms with Crippen LogP contribution in [0.2, 0.25) is 0 Å². The van der Waals surface area contributed by atoms with E-state index in [1.165, 1.54) is 0 Å². The highest BCUT2D eigenvalue weighted by Gasteiger charge is 2.23. The maximum Gasteiger partial charge on any atom is 0.305 e. The van der Waals surface area contributed by atoms with Crippen molar-refractivity contribution in [2.75, 3.05) is 32.8 Å². The van der Waals surface area contributed by atoms with E-state index in [-0.39, 0.29) is 11.9 Å². The molecule has 2 unspecified atom stereocenters. The zero-order valence-corrected chi connectivity index (χ0v) is 12.8. The average Bonchev–Trinajstić information content (AvgIpc) is 2.39. The lowest BCUT2D eigenvalue weighted by Gasteiger charge is -2.36. The van der Waals surface area contributed by atoms with Crippen LogP contribution in [0.5, 0.6) is 0 Å². The molecule has 1 rings (SSSR count). The largest absolute Gasteiger partial charge is 0.466 e. The third-order valence-corrected chi connectivity index (χ3v) is 3.43. The van der Waals surface area contributed by atoms with Gasteiger partial charge < -0.3 is 15.4 Å². The van der Waals surface area contributed by atoms with Crippen LogP contribution in [0, 0.1) is 0 Å². The number of piperazine rings is 1. The van der Waals surface area contributed by atoms with Gasteiger partial charge in [0, 0.05) is 38.1 Å². The molecular formula is C14H27N3O3. The van der Waals surface area contributed by atoms with Gasteiger partial charge in [-0.3, -0.25) is 14.5 Å². The fourth-order valence-corrected chi connectivity index (χ4v) is 2.25. The quantitative estimate of drug-likeness (QED) is 0.514. The Bertz CT molecular complexity index is 323. The van der Waals surface area contributed by atoms with Gasteiger partial charge in [-0.25, -0.2) is 0 Å². The summed E-state index contributed by atoms with van der Waals surface area (Å²) in [6.07, 6.45) is 0.979. The molecule has 0 bridgehead atoms. The Morgan fingerprint density at radius 1 is 1.40 bits per heavy atom. The van der Waals surface area contributed by atoms with Crippen molar-refractivity contribution in [3.63, 3.8) is 0 Å². The van der Waals surface area contributed by atoms with E-state index in [1.54, 1.807) is 6.92 Å². The third kappa shape index (κ3) is 6.34. The highest BCUT2D eigenvalue weighted by molar-refractivity contribution is 5.78. The first-order valence-electron chi connectivity index (χ1n) is 7.42. The van der Waals surface area contributed by atoms with E-state index in [1.807, 2.05) is 0 Å². The van der Waals surface area contributed by atoms with E-state index in [2.05, 4.69) is 29.4 Å². The molecule has 2 atom stereocenters. The second-order valence-corrected chi connectivity index (χ2v) is 5.35. The number of hydrogen-bond acceptors (Lipinski definition) is 5. The molecule has 0 aromatic heterocycles. The number of ether oxygens (including phenoxy) is 1. The minimum atomic E-state index is -0.202. The molecule has 1 fully saturated rings. The summed E-state index contributed by atoms with van der Waals surface area (Å²) in [6.45, 7) is 9.18. The molecule has 6 heteroatoms. The fourth-order valence-electron chi connectivity index (χ4n) is 2.25. The second kappa shape index (κ2) is 8.92. The molecule has 2 N–H and O–H groups in total. The number of nitrogens with one attached hydrogen (secondary N) is 2. The number of nitrogens with zero attached hydrogens (tertiary/aromatic N) is 1. The Labute approximate surface area is 121 Å². The van der Waals surface area contributed by atoms with Gasteiger partial charge in [-0.2, -0.15) is 0 Å². The second-order valence-electron chi connectivity index (χ2n) is 5.35. The molecule has 1 aliphatic rings. The molecule has 0 radical (unpaired) electrons. The van der Waals surface area contributed by atoms with Crippen LogP contribution in [0.3, 0.4) is 0 Å². The van der Waals surface area contributed by atoms with E-state index < -0.39 is 0 Å². The fraction of sp³-hybridized carbons (Fsp3) is 0.857. The summed E-state index contributed by atoms with van der Waals surface area (Å²) in [5.41, 5.74) is 0. The van der Waals surface area contributed by atoms with Gasteiger partial charge in [0.15, 0.2) is 0 Å². The number of amides is 1. The van der Waals surface area contributed by atoms with Gasteiger partial charge in [-0.1, -0.05) is 0 Å². The van der Waals surface area contributed by atoms with Crippen molar-refractivity contribution in [3.05, 3.63) is 0 Å². The third-order valence-electron chi connectivity index (χ3n) is 3.43. The molecular weight excluding hydrogens is 258 g/mol. The summed E-state index contributed by atoms with van der Waals surface area (Å²) >= 11 is 0. The first-order valence-corrected chi connectivity index (χ1v) is 7.42. The molecule has 0 saturated carbocycles. The van der Waals surface area contributed by atoms with Crippen LogP contribution >= 0.6 is 0 Å². The lowest BCUT2D eigenvalue weighted by atomic mass is 10.1. The number of esters is 1. The highest BCUT2D eigenvalue weighted by atomic mass is 16.5. The first kappa shape index (κ1) is 16.9. The minimum absolute atomic E-state index is 0.0230. The predicted octanol–water partition coefficient (Wildman–Crippen LogP) is 0.128. The molecule has 20 heavy (non-hydrogen) atoms. The van der Waals surface area contributed by atoms with Crippen molar-refractivity contribution in [1.82, 2.24) is 15.5 Å². The summed E-state index contributed by atoms with van der Waals surface area (Å²) in [5, 5.41) is 6.24. The van der Waals surface area contributed by atoms with Crippen molar-refractivity contribution >= 4 is 11.9 Å². The summed E-state index contributed by atoms with van der Waals surface area (Å²) in [6, 6.07) is 0.791. The molecule has 1 heterocycles. The Kier molecular flexibility index (Phi) is 7.54. The SMILES string of the molecule is CCOC(=O)CCCNC(=O)CN1CC(C)NCC1C. The van der Waals surface area contributed by atoms with Gasteiger partial charge >= 0.3 is 5.97 Å². The van der Waals surface area contributed by atoms with Gasteiger partial charge in [0.05, 0.1) is 13.2 Å². The Morgan fingerprint density at radius 3 is 2.85 bits per heavy atom. The Balaban J connectivity index is 2.15. The zero-order chi connectivity index (χ0) is 15.0.